The second kappa shape index (κ2) is 7.29. The van der Waals surface area contributed by atoms with Crippen LogP contribution in [0.2, 0.25) is 0 Å². The molecule has 18 heavy (non-hydrogen) atoms. The zero-order valence-corrected chi connectivity index (χ0v) is 10.0. The van der Waals surface area contributed by atoms with Gasteiger partial charge < -0.3 is 21.5 Å². The Bertz CT molecular complexity index is 421. The molecule has 2 amide bonds. The molecule has 5 N–H and O–H groups in total. The maximum Gasteiger partial charge on any atom is 0.404 e. The van der Waals surface area contributed by atoms with Gasteiger partial charge >= 0.3 is 6.09 Å². The standard InChI is InChI=1S/C12H17N3O3/c13-6-5-9-3-1-2-4-10(9)11(16)15-7-8-18-12(14)17/h1-4H,5-8,13H2,(H2,14,17)(H,15,16). The lowest BCUT2D eigenvalue weighted by Gasteiger charge is -2.09. The molecule has 0 bridgehead atoms. The molecule has 6 nitrogen and oxygen atoms in total. The molecule has 0 radical (unpaired) electrons. The highest BCUT2D eigenvalue weighted by atomic mass is 16.5. The van der Waals surface area contributed by atoms with E-state index in [0.29, 0.717) is 18.5 Å². The predicted octanol–water partition coefficient (Wildman–Crippen LogP) is 0.0129. The SMILES string of the molecule is NCCc1ccccc1C(=O)NCCOC(N)=O. The molecule has 98 valence electrons. The number of primary amides is 1. The second-order valence-electron chi connectivity index (χ2n) is 3.62. The van der Waals surface area contributed by atoms with Crippen LogP contribution in [0.5, 0.6) is 0 Å². The van der Waals surface area contributed by atoms with E-state index in [1.165, 1.54) is 0 Å². The molecule has 0 saturated carbocycles. The van der Waals surface area contributed by atoms with Gasteiger partial charge in [0.25, 0.3) is 5.91 Å². The molecular formula is C12H17N3O3. The summed E-state index contributed by atoms with van der Waals surface area (Å²) in [6, 6.07) is 7.24. The van der Waals surface area contributed by atoms with Crippen molar-refractivity contribution in [3.05, 3.63) is 35.4 Å². The third kappa shape index (κ3) is 4.42. The lowest BCUT2D eigenvalue weighted by molar-refractivity contribution is 0.0936. The van der Waals surface area contributed by atoms with Crippen molar-refractivity contribution in [3.8, 4) is 0 Å². The van der Waals surface area contributed by atoms with Gasteiger partial charge in [-0.3, -0.25) is 4.79 Å². The zero-order chi connectivity index (χ0) is 13.4. The molecule has 0 spiro atoms. The van der Waals surface area contributed by atoms with Crippen LogP contribution in [0.3, 0.4) is 0 Å². The maximum atomic E-state index is 11.9. The molecule has 1 rings (SSSR count). The minimum atomic E-state index is -0.854. The Kier molecular flexibility index (Phi) is 5.66. The molecule has 0 saturated heterocycles. The average Bonchev–Trinajstić information content (AvgIpc) is 2.35. The largest absolute Gasteiger partial charge is 0.448 e. The number of hydrogen-bond donors (Lipinski definition) is 3. The molecule has 0 aliphatic carbocycles. The molecule has 0 fully saturated rings. The van der Waals surface area contributed by atoms with E-state index < -0.39 is 6.09 Å². The topological polar surface area (TPSA) is 107 Å². The maximum absolute atomic E-state index is 11.9. The van der Waals surface area contributed by atoms with E-state index in [4.69, 9.17) is 11.5 Å². The van der Waals surface area contributed by atoms with Gasteiger partial charge in [-0.2, -0.15) is 0 Å². The number of rotatable bonds is 6. The molecular weight excluding hydrogens is 234 g/mol. The average molecular weight is 251 g/mol. The fourth-order valence-electron chi connectivity index (χ4n) is 1.53. The fraction of sp³-hybridized carbons (Fsp3) is 0.333. The molecule has 0 atom stereocenters. The van der Waals surface area contributed by atoms with E-state index in [-0.39, 0.29) is 19.1 Å². The van der Waals surface area contributed by atoms with Gasteiger partial charge in [0, 0.05) is 5.56 Å². The van der Waals surface area contributed by atoms with Gasteiger partial charge in [-0.15, -0.1) is 0 Å². The number of ether oxygens (including phenoxy) is 1. The molecule has 0 aliphatic heterocycles. The highest BCUT2D eigenvalue weighted by molar-refractivity contribution is 5.95. The van der Waals surface area contributed by atoms with Gasteiger partial charge in [0.1, 0.15) is 6.61 Å². The van der Waals surface area contributed by atoms with Crippen LogP contribution >= 0.6 is 0 Å². The first-order chi connectivity index (χ1) is 8.65. The highest BCUT2D eigenvalue weighted by Gasteiger charge is 2.09. The van der Waals surface area contributed by atoms with Crippen molar-refractivity contribution in [3.63, 3.8) is 0 Å². The predicted molar refractivity (Wildman–Crippen MR) is 67.1 cm³/mol. The van der Waals surface area contributed by atoms with Gasteiger partial charge in [0.05, 0.1) is 6.54 Å². The van der Waals surface area contributed by atoms with Gasteiger partial charge in [0.15, 0.2) is 0 Å². The minimum Gasteiger partial charge on any atom is -0.448 e. The second-order valence-corrected chi connectivity index (χ2v) is 3.62. The Balaban J connectivity index is 2.53. The van der Waals surface area contributed by atoms with Gasteiger partial charge in [-0.25, -0.2) is 4.79 Å². The van der Waals surface area contributed by atoms with Crippen LogP contribution in [0.25, 0.3) is 0 Å². The number of nitrogens with two attached hydrogens (primary N) is 2. The molecule has 0 heterocycles. The Hall–Kier alpha value is -2.08. The van der Waals surface area contributed by atoms with Gasteiger partial charge in [-0.1, -0.05) is 18.2 Å². The number of carbonyl (C=O) groups is 2. The summed E-state index contributed by atoms with van der Waals surface area (Å²) in [5.41, 5.74) is 11.8. The highest BCUT2D eigenvalue weighted by Crippen LogP contribution is 2.08. The van der Waals surface area contributed by atoms with E-state index in [9.17, 15) is 9.59 Å². The summed E-state index contributed by atoms with van der Waals surface area (Å²) in [6.07, 6.45) is -0.214. The van der Waals surface area contributed by atoms with Crippen LogP contribution < -0.4 is 16.8 Å². The van der Waals surface area contributed by atoms with E-state index in [1.54, 1.807) is 12.1 Å². The van der Waals surface area contributed by atoms with Crippen LogP contribution in [0, 0.1) is 0 Å². The molecule has 0 aromatic heterocycles. The first kappa shape index (κ1) is 14.0. The first-order valence-electron chi connectivity index (χ1n) is 5.63. The molecule has 0 unspecified atom stereocenters. The summed E-state index contributed by atoms with van der Waals surface area (Å²) in [6.45, 7) is 0.758. The van der Waals surface area contributed by atoms with Crippen molar-refractivity contribution in [1.82, 2.24) is 5.32 Å². The van der Waals surface area contributed by atoms with E-state index in [1.807, 2.05) is 12.1 Å². The summed E-state index contributed by atoms with van der Waals surface area (Å²) in [4.78, 5) is 22.2. The summed E-state index contributed by atoms with van der Waals surface area (Å²) in [7, 11) is 0. The minimum absolute atomic E-state index is 0.0557. The molecule has 6 heteroatoms. The fourth-order valence-corrected chi connectivity index (χ4v) is 1.53. The van der Waals surface area contributed by atoms with Crippen LogP contribution in [0.1, 0.15) is 15.9 Å². The Morgan fingerprint density at radius 3 is 2.67 bits per heavy atom. The van der Waals surface area contributed by atoms with Crippen molar-refractivity contribution < 1.29 is 14.3 Å². The number of amides is 2. The summed E-state index contributed by atoms with van der Waals surface area (Å²) < 4.78 is 4.51. The van der Waals surface area contributed by atoms with Crippen molar-refractivity contribution in [2.45, 2.75) is 6.42 Å². The van der Waals surface area contributed by atoms with Crippen molar-refractivity contribution in [2.75, 3.05) is 19.7 Å². The molecule has 1 aromatic carbocycles. The van der Waals surface area contributed by atoms with Crippen LogP contribution in [-0.2, 0) is 11.2 Å². The number of hydrogen-bond acceptors (Lipinski definition) is 4. The molecule has 1 aromatic rings. The molecule has 0 aliphatic rings. The summed E-state index contributed by atoms with van der Waals surface area (Å²) in [5.74, 6) is -0.216. The lowest BCUT2D eigenvalue weighted by Crippen LogP contribution is -2.29. The van der Waals surface area contributed by atoms with E-state index >= 15 is 0 Å². The van der Waals surface area contributed by atoms with Crippen molar-refractivity contribution >= 4 is 12.0 Å². The normalized spacial score (nSPS) is 9.83. The Morgan fingerprint density at radius 1 is 1.28 bits per heavy atom. The van der Waals surface area contributed by atoms with Crippen LogP contribution in [0.15, 0.2) is 24.3 Å². The quantitative estimate of drug-likeness (QED) is 0.619. The Morgan fingerprint density at radius 2 is 2.00 bits per heavy atom. The van der Waals surface area contributed by atoms with Crippen LogP contribution in [0.4, 0.5) is 4.79 Å². The lowest BCUT2D eigenvalue weighted by atomic mass is 10.0. The number of benzene rings is 1. The first-order valence-corrected chi connectivity index (χ1v) is 5.63. The van der Waals surface area contributed by atoms with Crippen LogP contribution in [-0.4, -0.2) is 31.7 Å². The number of nitrogens with one attached hydrogen (secondary N) is 1. The smallest absolute Gasteiger partial charge is 0.404 e. The third-order valence-electron chi connectivity index (χ3n) is 2.31. The monoisotopic (exact) mass is 251 g/mol. The Labute approximate surface area is 105 Å². The summed E-state index contributed by atoms with van der Waals surface area (Å²) >= 11 is 0. The third-order valence-corrected chi connectivity index (χ3v) is 2.31. The van der Waals surface area contributed by atoms with E-state index in [2.05, 4.69) is 10.1 Å². The van der Waals surface area contributed by atoms with Crippen molar-refractivity contribution in [1.29, 1.82) is 0 Å². The summed E-state index contributed by atoms with van der Waals surface area (Å²) in [5, 5.41) is 2.64. The number of carbonyl (C=O) groups excluding carboxylic acids is 2. The zero-order valence-electron chi connectivity index (χ0n) is 10.0. The van der Waals surface area contributed by atoms with E-state index in [0.717, 1.165) is 5.56 Å². The van der Waals surface area contributed by atoms with Crippen molar-refractivity contribution in [2.24, 2.45) is 11.5 Å². The van der Waals surface area contributed by atoms with Gasteiger partial charge in [-0.05, 0) is 24.6 Å². The van der Waals surface area contributed by atoms with Gasteiger partial charge in [0.2, 0.25) is 0 Å².